The topological polar surface area (TPSA) is 85.8 Å². The number of imidazole rings is 1. The lowest BCUT2D eigenvalue weighted by molar-refractivity contribution is -0.119. The predicted octanol–water partition coefficient (Wildman–Crippen LogP) is 3.72. The summed E-state index contributed by atoms with van der Waals surface area (Å²) >= 11 is 2.82. The molecule has 0 saturated heterocycles. The van der Waals surface area contributed by atoms with Gasteiger partial charge in [0.1, 0.15) is 11.0 Å². The first-order chi connectivity index (χ1) is 14.2. The van der Waals surface area contributed by atoms with Crippen LogP contribution < -0.4 is 11.2 Å². The third-order valence-electron chi connectivity index (χ3n) is 4.24. The van der Waals surface area contributed by atoms with Crippen molar-refractivity contribution >= 4 is 29.0 Å². The molecule has 4 rings (SSSR count). The molecule has 4 aromatic rings. The molecular weight excluding hydrogens is 402 g/mol. The van der Waals surface area contributed by atoms with Gasteiger partial charge in [0, 0.05) is 17.1 Å². The van der Waals surface area contributed by atoms with Crippen LogP contribution in [0, 0.1) is 0 Å². The van der Waals surface area contributed by atoms with Crippen molar-refractivity contribution in [3.05, 3.63) is 89.0 Å². The second-order valence-electron chi connectivity index (χ2n) is 6.25. The maximum Gasteiger partial charge on any atom is 0.231 e. The van der Waals surface area contributed by atoms with Crippen molar-refractivity contribution < 1.29 is 4.79 Å². The lowest BCUT2D eigenvalue weighted by atomic mass is 10.1. The van der Waals surface area contributed by atoms with Gasteiger partial charge in [-0.25, -0.2) is 14.6 Å². The highest BCUT2D eigenvalue weighted by Crippen LogP contribution is 2.25. The van der Waals surface area contributed by atoms with Crippen LogP contribution in [0.2, 0.25) is 0 Å². The van der Waals surface area contributed by atoms with Crippen molar-refractivity contribution in [1.82, 2.24) is 20.0 Å². The lowest BCUT2D eigenvalue weighted by Gasteiger charge is -2.17. The molecule has 6 nitrogen and oxygen atoms in total. The number of nitrogens with one attached hydrogen (secondary N) is 1. The van der Waals surface area contributed by atoms with Gasteiger partial charge >= 0.3 is 0 Å². The van der Waals surface area contributed by atoms with E-state index in [1.807, 2.05) is 66.0 Å². The van der Waals surface area contributed by atoms with Crippen LogP contribution >= 0.6 is 23.1 Å². The summed E-state index contributed by atoms with van der Waals surface area (Å²) in [6, 6.07) is 19.4. The minimum atomic E-state index is -0.276. The van der Waals surface area contributed by atoms with E-state index in [1.165, 1.54) is 27.8 Å². The fourth-order valence-electron chi connectivity index (χ4n) is 2.87. The standard InChI is InChI=1S/C21H19N5OS2/c22-26-13-17(15-7-3-1-4-8-15)24-21(26)29-14-18(27)25-19(20-23-11-12-28-20)16-9-5-2-6-10-16/h1-13,19H,14,22H2,(H,25,27). The summed E-state index contributed by atoms with van der Waals surface area (Å²) in [4.78, 5) is 21.6. The van der Waals surface area contributed by atoms with E-state index in [0.717, 1.165) is 21.8 Å². The number of benzene rings is 2. The molecule has 1 amide bonds. The summed E-state index contributed by atoms with van der Waals surface area (Å²) in [5.74, 6) is 6.13. The number of thiazole rings is 1. The number of nitrogens with two attached hydrogens (primary N) is 1. The summed E-state index contributed by atoms with van der Waals surface area (Å²) in [7, 11) is 0. The Hall–Kier alpha value is -3.10. The SMILES string of the molecule is Nn1cc(-c2ccccc2)nc1SCC(=O)NC(c1ccccc1)c1nccs1. The molecule has 29 heavy (non-hydrogen) atoms. The van der Waals surface area contributed by atoms with E-state index in [2.05, 4.69) is 15.3 Å². The van der Waals surface area contributed by atoms with Gasteiger partial charge in [-0.2, -0.15) is 0 Å². The van der Waals surface area contributed by atoms with Crippen LogP contribution in [0.1, 0.15) is 16.6 Å². The van der Waals surface area contributed by atoms with Crippen LogP contribution in [0.25, 0.3) is 11.3 Å². The van der Waals surface area contributed by atoms with E-state index in [1.54, 1.807) is 12.4 Å². The largest absolute Gasteiger partial charge is 0.342 e. The predicted molar refractivity (Wildman–Crippen MR) is 117 cm³/mol. The monoisotopic (exact) mass is 421 g/mol. The molecule has 1 unspecified atom stereocenters. The zero-order valence-corrected chi connectivity index (χ0v) is 17.1. The van der Waals surface area contributed by atoms with Crippen LogP contribution in [-0.2, 0) is 4.79 Å². The molecule has 0 aliphatic rings. The summed E-state index contributed by atoms with van der Waals surface area (Å²) in [5.41, 5.74) is 2.75. The lowest BCUT2D eigenvalue weighted by Crippen LogP contribution is -2.30. The van der Waals surface area contributed by atoms with Crippen LogP contribution in [0.4, 0.5) is 0 Å². The minimum absolute atomic E-state index is 0.108. The molecule has 0 bridgehead atoms. The van der Waals surface area contributed by atoms with Crippen molar-refractivity contribution in [3.63, 3.8) is 0 Å². The van der Waals surface area contributed by atoms with Crippen molar-refractivity contribution in [1.29, 1.82) is 0 Å². The molecule has 2 heterocycles. The van der Waals surface area contributed by atoms with Gasteiger partial charge in [0.2, 0.25) is 5.91 Å². The van der Waals surface area contributed by atoms with Gasteiger partial charge in [-0.05, 0) is 5.56 Å². The molecule has 0 aliphatic carbocycles. The second kappa shape index (κ2) is 8.93. The van der Waals surface area contributed by atoms with Crippen LogP contribution in [0.15, 0.2) is 83.6 Å². The number of hydrogen-bond acceptors (Lipinski definition) is 6. The normalized spacial score (nSPS) is 11.9. The Labute approximate surface area is 176 Å². The fraction of sp³-hybridized carbons (Fsp3) is 0.0952. The Balaban J connectivity index is 1.44. The molecule has 146 valence electrons. The van der Waals surface area contributed by atoms with E-state index in [-0.39, 0.29) is 17.7 Å². The summed E-state index contributed by atoms with van der Waals surface area (Å²) < 4.78 is 1.45. The summed E-state index contributed by atoms with van der Waals surface area (Å²) in [6.07, 6.45) is 3.51. The molecular formula is C21H19N5OS2. The fourth-order valence-corrected chi connectivity index (χ4v) is 4.30. The highest BCUT2D eigenvalue weighted by Gasteiger charge is 2.20. The number of hydrogen-bond donors (Lipinski definition) is 2. The first-order valence-corrected chi connectivity index (χ1v) is 10.8. The Morgan fingerprint density at radius 2 is 1.86 bits per heavy atom. The van der Waals surface area contributed by atoms with Crippen molar-refractivity contribution in [3.8, 4) is 11.3 Å². The van der Waals surface area contributed by atoms with Crippen molar-refractivity contribution in [2.75, 3.05) is 11.6 Å². The minimum Gasteiger partial charge on any atom is -0.342 e. The van der Waals surface area contributed by atoms with Gasteiger partial charge in [-0.15, -0.1) is 11.3 Å². The van der Waals surface area contributed by atoms with Gasteiger partial charge < -0.3 is 11.2 Å². The zero-order chi connectivity index (χ0) is 20.1. The van der Waals surface area contributed by atoms with Gasteiger partial charge in [-0.1, -0.05) is 72.4 Å². The molecule has 1 atom stereocenters. The Morgan fingerprint density at radius 1 is 1.14 bits per heavy atom. The molecule has 0 fully saturated rings. The van der Waals surface area contributed by atoms with Gasteiger partial charge in [-0.3, -0.25) is 4.79 Å². The smallest absolute Gasteiger partial charge is 0.231 e. The second-order valence-corrected chi connectivity index (χ2v) is 8.12. The van der Waals surface area contributed by atoms with Gasteiger partial charge in [0.05, 0.1) is 17.6 Å². The van der Waals surface area contributed by atoms with E-state index in [0.29, 0.717) is 5.16 Å². The third-order valence-corrected chi connectivity index (χ3v) is 6.04. The number of aromatic nitrogens is 3. The van der Waals surface area contributed by atoms with E-state index < -0.39 is 0 Å². The zero-order valence-electron chi connectivity index (χ0n) is 15.4. The first-order valence-electron chi connectivity index (χ1n) is 8.97. The molecule has 0 radical (unpaired) electrons. The maximum atomic E-state index is 12.7. The van der Waals surface area contributed by atoms with Crippen LogP contribution in [0.5, 0.6) is 0 Å². The Kier molecular flexibility index (Phi) is 5.92. The number of nitrogen functional groups attached to an aromatic ring is 1. The highest BCUT2D eigenvalue weighted by atomic mass is 32.2. The molecule has 0 aliphatic heterocycles. The Morgan fingerprint density at radius 3 is 2.55 bits per heavy atom. The van der Waals surface area contributed by atoms with Crippen LogP contribution in [0.3, 0.4) is 0 Å². The summed E-state index contributed by atoms with van der Waals surface area (Å²) in [5, 5.41) is 6.42. The average molecular weight is 422 g/mol. The van der Waals surface area contributed by atoms with Crippen molar-refractivity contribution in [2.45, 2.75) is 11.2 Å². The average Bonchev–Trinajstić information content (AvgIpc) is 3.42. The first kappa shape index (κ1) is 19.2. The van der Waals surface area contributed by atoms with E-state index in [9.17, 15) is 4.79 Å². The molecule has 2 aromatic heterocycles. The molecule has 2 aromatic carbocycles. The molecule has 0 spiro atoms. The van der Waals surface area contributed by atoms with Gasteiger partial charge in [0.15, 0.2) is 5.16 Å². The number of nitrogens with zero attached hydrogens (tertiary/aromatic N) is 3. The van der Waals surface area contributed by atoms with Crippen LogP contribution in [-0.4, -0.2) is 26.3 Å². The quantitative estimate of drug-likeness (QED) is 0.351. The highest BCUT2D eigenvalue weighted by molar-refractivity contribution is 7.99. The van der Waals surface area contributed by atoms with Crippen molar-refractivity contribution in [2.24, 2.45) is 0 Å². The van der Waals surface area contributed by atoms with E-state index >= 15 is 0 Å². The summed E-state index contributed by atoms with van der Waals surface area (Å²) in [6.45, 7) is 0. The maximum absolute atomic E-state index is 12.7. The molecule has 8 heteroatoms. The number of thioether (sulfide) groups is 1. The van der Waals surface area contributed by atoms with Gasteiger partial charge in [0.25, 0.3) is 0 Å². The number of rotatable bonds is 7. The molecule has 0 saturated carbocycles. The third kappa shape index (κ3) is 4.67. The molecule has 3 N–H and O–H groups in total. The number of amides is 1. The number of carbonyl (C=O) groups excluding carboxylic acids is 1. The Bertz CT molecular complexity index is 1070. The number of carbonyl (C=O) groups is 1. The van der Waals surface area contributed by atoms with E-state index in [4.69, 9.17) is 5.84 Å².